The van der Waals surface area contributed by atoms with Crippen LogP contribution in [0.4, 0.5) is 5.82 Å². The lowest BCUT2D eigenvalue weighted by Crippen LogP contribution is -2.26. The molecular formula is C12H18BrN3S. The third kappa shape index (κ3) is 4.14. The molecule has 1 fully saturated rings. The molecule has 1 aliphatic rings. The molecule has 1 saturated heterocycles. The van der Waals surface area contributed by atoms with Gasteiger partial charge in [0.2, 0.25) is 0 Å². The Bertz CT molecular complexity index is 367. The molecule has 3 nitrogen and oxygen atoms in total. The van der Waals surface area contributed by atoms with Crippen molar-refractivity contribution in [1.29, 1.82) is 0 Å². The highest BCUT2D eigenvalue weighted by atomic mass is 79.9. The number of halogens is 1. The lowest BCUT2D eigenvalue weighted by atomic mass is 10.2. The third-order valence-corrected chi connectivity index (χ3v) is 4.35. The van der Waals surface area contributed by atoms with Crippen molar-refractivity contribution < 1.29 is 0 Å². The van der Waals surface area contributed by atoms with Gasteiger partial charge in [-0.3, -0.25) is 0 Å². The maximum Gasteiger partial charge on any atom is 0.132 e. The average Bonchev–Trinajstić information content (AvgIpc) is 2.30. The first-order chi connectivity index (χ1) is 8.28. The van der Waals surface area contributed by atoms with Gasteiger partial charge >= 0.3 is 0 Å². The summed E-state index contributed by atoms with van der Waals surface area (Å²) in [4.78, 5) is 8.93. The number of nitrogens with zero attached hydrogens (tertiary/aromatic N) is 2. The molecule has 2 rings (SSSR count). The van der Waals surface area contributed by atoms with Crippen LogP contribution in [-0.2, 0) is 6.42 Å². The predicted octanol–water partition coefficient (Wildman–Crippen LogP) is 3.50. The Morgan fingerprint density at radius 2 is 2.41 bits per heavy atom. The van der Waals surface area contributed by atoms with E-state index >= 15 is 0 Å². The van der Waals surface area contributed by atoms with E-state index in [1.165, 1.54) is 24.3 Å². The molecule has 2 heterocycles. The van der Waals surface area contributed by atoms with E-state index in [1.807, 2.05) is 17.8 Å². The van der Waals surface area contributed by atoms with Crippen molar-refractivity contribution in [1.82, 2.24) is 9.97 Å². The van der Waals surface area contributed by atoms with E-state index in [2.05, 4.69) is 38.1 Å². The largest absolute Gasteiger partial charge is 0.366 e. The van der Waals surface area contributed by atoms with E-state index in [-0.39, 0.29) is 0 Å². The summed E-state index contributed by atoms with van der Waals surface area (Å²) in [6.07, 6.45) is 4.57. The number of rotatable bonds is 4. The molecule has 94 valence electrons. The average molecular weight is 316 g/mol. The lowest BCUT2D eigenvalue weighted by Gasteiger charge is -2.23. The topological polar surface area (TPSA) is 37.8 Å². The highest BCUT2D eigenvalue weighted by molar-refractivity contribution is 9.10. The van der Waals surface area contributed by atoms with Crippen LogP contribution in [0.1, 0.15) is 32.0 Å². The number of nitrogens with one attached hydrogen (secondary N) is 1. The lowest BCUT2D eigenvalue weighted by molar-refractivity contribution is 0.680. The van der Waals surface area contributed by atoms with Gasteiger partial charge in [-0.1, -0.05) is 6.92 Å². The van der Waals surface area contributed by atoms with Crippen molar-refractivity contribution in [3.05, 3.63) is 16.5 Å². The molecule has 17 heavy (non-hydrogen) atoms. The van der Waals surface area contributed by atoms with Gasteiger partial charge in [0.05, 0.1) is 0 Å². The second kappa shape index (κ2) is 6.59. The van der Waals surface area contributed by atoms with E-state index in [9.17, 15) is 0 Å². The van der Waals surface area contributed by atoms with Gasteiger partial charge in [0.15, 0.2) is 0 Å². The summed E-state index contributed by atoms with van der Waals surface area (Å²) < 4.78 is 0.877. The Labute approximate surface area is 115 Å². The van der Waals surface area contributed by atoms with Crippen LogP contribution < -0.4 is 5.32 Å². The van der Waals surface area contributed by atoms with Gasteiger partial charge in [-0.05, 0) is 40.9 Å². The van der Waals surface area contributed by atoms with Gasteiger partial charge in [0, 0.05) is 24.3 Å². The fourth-order valence-electron chi connectivity index (χ4n) is 1.94. The van der Waals surface area contributed by atoms with Crippen LogP contribution in [0.3, 0.4) is 0 Å². The molecule has 1 aromatic rings. The minimum atomic E-state index is 0.560. The first-order valence-corrected chi connectivity index (χ1v) is 8.10. The van der Waals surface area contributed by atoms with E-state index in [4.69, 9.17) is 0 Å². The van der Waals surface area contributed by atoms with E-state index in [0.29, 0.717) is 6.04 Å². The highest BCUT2D eigenvalue weighted by Crippen LogP contribution is 2.21. The van der Waals surface area contributed by atoms with E-state index in [1.54, 1.807) is 0 Å². The summed E-state index contributed by atoms with van der Waals surface area (Å²) >= 11 is 5.47. The van der Waals surface area contributed by atoms with Crippen LogP contribution in [0.25, 0.3) is 0 Å². The molecule has 1 aliphatic heterocycles. The number of anilines is 1. The Morgan fingerprint density at radius 1 is 1.53 bits per heavy atom. The molecule has 1 unspecified atom stereocenters. The van der Waals surface area contributed by atoms with E-state index in [0.717, 1.165) is 29.1 Å². The van der Waals surface area contributed by atoms with Crippen LogP contribution in [0.2, 0.25) is 0 Å². The van der Waals surface area contributed by atoms with Crippen LogP contribution in [0.15, 0.2) is 10.7 Å². The normalized spacial score (nSPS) is 20.2. The molecule has 1 atom stereocenters. The number of aromatic nitrogens is 2. The molecule has 0 saturated carbocycles. The summed E-state index contributed by atoms with van der Waals surface area (Å²) in [5.41, 5.74) is 0. The monoisotopic (exact) mass is 315 g/mol. The minimum absolute atomic E-state index is 0.560. The standard InChI is InChI=1S/C12H18BrN3S/c1-2-4-11-15-10(13)7-12(16-11)14-9-5-3-6-17-8-9/h7,9H,2-6,8H2,1H3,(H,14,15,16). The van der Waals surface area contributed by atoms with Crippen LogP contribution in [0, 0.1) is 0 Å². The van der Waals surface area contributed by atoms with Gasteiger partial charge < -0.3 is 5.32 Å². The predicted molar refractivity (Wildman–Crippen MR) is 77.7 cm³/mol. The van der Waals surface area contributed by atoms with Gasteiger partial charge in [-0.15, -0.1) is 0 Å². The van der Waals surface area contributed by atoms with Crippen LogP contribution in [0.5, 0.6) is 0 Å². The second-order valence-electron chi connectivity index (χ2n) is 4.30. The molecule has 0 amide bonds. The number of aryl methyl sites for hydroxylation is 1. The van der Waals surface area contributed by atoms with Crippen molar-refractivity contribution in [2.45, 2.75) is 38.6 Å². The summed E-state index contributed by atoms with van der Waals surface area (Å²) in [6.45, 7) is 2.15. The van der Waals surface area contributed by atoms with Gasteiger partial charge in [-0.2, -0.15) is 11.8 Å². The van der Waals surface area contributed by atoms with Crippen molar-refractivity contribution >= 4 is 33.5 Å². The fourth-order valence-corrected chi connectivity index (χ4v) is 3.43. The molecule has 0 spiro atoms. The summed E-state index contributed by atoms with van der Waals surface area (Å²) in [5.74, 6) is 4.37. The number of thioether (sulfide) groups is 1. The van der Waals surface area contributed by atoms with Crippen molar-refractivity contribution in [3.63, 3.8) is 0 Å². The minimum Gasteiger partial charge on any atom is -0.366 e. The molecule has 0 aliphatic carbocycles. The van der Waals surface area contributed by atoms with Crippen molar-refractivity contribution in [2.75, 3.05) is 16.8 Å². The van der Waals surface area contributed by atoms with Gasteiger partial charge in [-0.25, -0.2) is 9.97 Å². The van der Waals surface area contributed by atoms with E-state index < -0.39 is 0 Å². The first-order valence-electron chi connectivity index (χ1n) is 6.15. The third-order valence-electron chi connectivity index (χ3n) is 2.73. The SMILES string of the molecule is CCCc1nc(Br)cc(NC2CCCSC2)n1. The zero-order valence-corrected chi connectivity index (χ0v) is 12.5. The Kier molecular flexibility index (Phi) is 5.10. The maximum atomic E-state index is 4.56. The van der Waals surface area contributed by atoms with Crippen LogP contribution in [-0.4, -0.2) is 27.5 Å². The Balaban J connectivity index is 2.03. The maximum absolute atomic E-state index is 4.56. The quantitative estimate of drug-likeness (QED) is 0.863. The molecular weight excluding hydrogens is 298 g/mol. The zero-order valence-electron chi connectivity index (χ0n) is 10.1. The van der Waals surface area contributed by atoms with Gasteiger partial charge in [0.1, 0.15) is 16.2 Å². The molecule has 1 aromatic heterocycles. The molecule has 5 heteroatoms. The van der Waals surface area contributed by atoms with Crippen molar-refractivity contribution in [3.8, 4) is 0 Å². The summed E-state index contributed by atoms with van der Waals surface area (Å²) in [6, 6.07) is 2.53. The molecule has 0 bridgehead atoms. The van der Waals surface area contributed by atoms with Crippen molar-refractivity contribution in [2.24, 2.45) is 0 Å². The molecule has 0 aromatic carbocycles. The summed E-state index contributed by atoms with van der Waals surface area (Å²) in [7, 11) is 0. The summed E-state index contributed by atoms with van der Waals surface area (Å²) in [5, 5.41) is 3.52. The highest BCUT2D eigenvalue weighted by Gasteiger charge is 2.14. The second-order valence-corrected chi connectivity index (χ2v) is 6.26. The first kappa shape index (κ1) is 13.1. The zero-order chi connectivity index (χ0) is 12.1. The molecule has 0 radical (unpaired) electrons. The molecule has 1 N–H and O–H groups in total. The fraction of sp³-hybridized carbons (Fsp3) is 0.667. The smallest absolute Gasteiger partial charge is 0.132 e. The number of hydrogen-bond acceptors (Lipinski definition) is 4. The van der Waals surface area contributed by atoms with Gasteiger partial charge in [0.25, 0.3) is 0 Å². The Hall–Kier alpha value is -0.290. The Morgan fingerprint density at radius 3 is 3.12 bits per heavy atom. The number of hydrogen-bond donors (Lipinski definition) is 1. The van der Waals surface area contributed by atoms with Crippen LogP contribution >= 0.6 is 27.7 Å².